The lowest BCUT2D eigenvalue weighted by Gasteiger charge is -2.00. The summed E-state index contributed by atoms with van der Waals surface area (Å²) in [5.41, 5.74) is 0.892. The van der Waals surface area contributed by atoms with Gasteiger partial charge in [0.05, 0.1) is 5.97 Å². The molecule has 0 aliphatic heterocycles. The molecular formula is C6H8N4O3S. The van der Waals surface area contributed by atoms with E-state index in [1.165, 1.54) is 5.51 Å². The molecule has 1 heterocycles. The molecule has 0 saturated carbocycles. The van der Waals surface area contributed by atoms with Crippen LogP contribution in [0.1, 0.15) is 12.7 Å². The highest BCUT2D eigenvalue weighted by Crippen LogP contribution is 2.03. The van der Waals surface area contributed by atoms with Gasteiger partial charge in [-0.25, -0.2) is 0 Å². The van der Waals surface area contributed by atoms with E-state index >= 15 is 0 Å². The van der Waals surface area contributed by atoms with Gasteiger partial charge in [0.25, 0.3) is 5.51 Å². The molecule has 0 aliphatic carbocycles. The number of hydrogen-bond donors (Lipinski definition) is 1. The minimum Gasteiger partial charge on any atom is -0.543 e. The SMILES string of the molecule is CCON=C(C(=O)[O-])c1nc[s+](N)n1. The molecule has 1 aromatic rings. The number of oxime groups is 1. The number of hydrogen-bond acceptors (Lipinski definition) is 7. The van der Waals surface area contributed by atoms with Gasteiger partial charge >= 0.3 is 0 Å². The van der Waals surface area contributed by atoms with E-state index in [1.54, 1.807) is 6.92 Å². The van der Waals surface area contributed by atoms with Crippen LogP contribution < -0.4 is 10.2 Å². The Morgan fingerprint density at radius 1 is 1.86 bits per heavy atom. The molecule has 0 radical (unpaired) electrons. The molecule has 1 aromatic heterocycles. The first kappa shape index (κ1) is 10.5. The van der Waals surface area contributed by atoms with Gasteiger partial charge in [-0.15, -0.1) is 5.14 Å². The molecule has 7 nitrogen and oxygen atoms in total. The molecule has 2 N–H and O–H groups in total. The third kappa shape index (κ3) is 2.47. The van der Waals surface area contributed by atoms with Crippen molar-refractivity contribution in [3.05, 3.63) is 11.3 Å². The smallest absolute Gasteiger partial charge is 0.279 e. The van der Waals surface area contributed by atoms with E-state index in [4.69, 9.17) is 5.14 Å². The van der Waals surface area contributed by atoms with Crippen LogP contribution in [0.5, 0.6) is 0 Å². The normalized spacial score (nSPS) is 12.7. The number of aliphatic carboxylic acids is 1. The Balaban J connectivity index is 2.94. The van der Waals surface area contributed by atoms with Crippen molar-refractivity contribution in [3.63, 3.8) is 0 Å². The highest BCUT2D eigenvalue weighted by molar-refractivity contribution is 7.24. The lowest BCUT2D eigenvalue weighted by molar-refractivity contribution is -0.294. The summed E-state index contributed by atoms with van der Waals surface area (Å²) >= 11 is 0. The van der Waals surface area contributed by atoms with Crippen LogP contribution in [0, 0.1) is 0 Å². The molecule has 8 heteroatoms. The molecule has 0 saturated heterocycles. The third-order valence-corrected chi connectivity index (χ3v) is 1.87. The summed E-state index contributed by atoms with van der Waals surface area (Å²) in [6.07, 6.45) is 0. The van der Waals surface area contributed by atoms with Crippen molar-refractivity contribution in [2.75, 3.05) is 11.7 Å². The van der Waals surface area contributed by atoms with Crippen molar-refractivity contribution in [3.8, 4) is 0 Å². The molecule has 76 valence electrons. The maximum absolute atomic E-state index is 10.6. The van der Waals surface area contributed by atoms with Gasteiger partial charge < -0.3 is 14.7 Å². The predicted octanol–water partition coefficient (Wildman–Crippen LogP) is -1.57. The molecule has 0 amide bonds. The van der Waals surface area contributed by atoms with Crippen LogP contribution in [0.4, 0.5) is 0 Å². The minimum absolute atomic E-state index is 0.0655. The average molecular weight is 216 g/mol. The first-order chi connectivity index (χ1) is 6.65. The molecule has 0 spiro atoms. The van der Waals surface area contributed by atoms with Gasteiger partial charge in [-0.2, -0.15) is 4.98 Å². The predicted molar refractivity (Wildman–Crippen MR) is 47.8 cm³/mol. The Morgan fingerprint density at radius 2 is 2.57 bits per heavy atom. The largest absolute Gasteiger partial charge is 0.543 e. The van der Waals surface area contributed by atoms with Gasteiger partial charge in [0, 0.05) is 4.37 Å². The number of carbonyl (C=O) groups excluding carboxylic acids is 1. The zero-order chi connectivity index (χ0) is 10.6. The van der Waals surface area contributed by atoms with Crippen LogP contribution >= 0.6 is 10.9 Å². The zero-order valence-corrected chi connectivity index (χ0v) is 8.15. The standard InChI is InChI=1S/C6H8N4O3S/c1-2-13-9-4(6(11)12)5-8-3-14(7)10-5/h3,7H,2H2,1H3,(H,11,12). The van der Waals surface area contributed by atoms with Gasteiger partial charge in [0.2, 0.25) is 16.7 Å². The molecule has 0 fully saturated rings. The molecule has 14 heavy (non-hydrogen) atoms. The van der Waals surface area contributed by atoms with E-state index in [1.807, 2.05) is 0 Å². The van der Waals surface area contributed by atoms with Crippen LogP contribution in [-0.2, 0) is 9.63 Å². The first-order valence-electron chi connectivity index (χ1n) is 3.67. The van der Waals surface area contributed by atoms with Gasteiger partial charge in [-0.05, 0) is 6.92 Å². The van der Waals surface area contributed by atoms with E-state index in [0.717, 1.165) is 0 Å². The van der Waals surface area contributed by atoms with Crippen molar-refractivity contribution < 1.29 is 14.7 Å². The zero-order valence-electron chi connectivity index (χ0n) is 7.34. The van der Waals surface area contributed by atoms with Gasteiger partial charge in [0.1, 0.15) is 6.61 Å². The Labute approximate surface area is 82.5 Å². The topological polar surface area (TPSA) is 114 Å². The van der Waals surface area contributed by atoms with E-state index < -0.39 is 22.5 Å². The van der Waals surface area contributed by atoms with E-state index in [9.17, 15) is 9.90 Å². The Hall–Kier alpha value is -1.54. The summed E-state index contributed by atoms with van der Waals surface area (Å²) in [6, 6.07) is 0. The monoisotopic (exact) mass is 216 g/mol. The first-order valence-corrected chi connectivity index (χ1v) is 4.98. The van der Waals surface area contributed by atoms with E-state index in [-0.39, 0.29) is 12.4 Å². The fourth-order valence-electron chi connectivity index (χ4n) is 0.654. The van der Waals surface area contributed by atoms with Gasteiger partial charge in [0.15, 0.2) is 5.71 Å². The second-order valence-corrected chi connectivity index (χ2v) is 3.23. The Kier molecular flexibility index (Phi) is 3.48. The molecule has 1 rings (SSSR count). The van der Waals surface area contributed by atoms with Crippen LogP contribution in [-0.4, -0.2) is 27.6 Å². The quantitative estimate of drug-likeness (QED) is 0.369. The van der Waals surface area contributed by atoms with Crippen LogP contribution in [0.3, 0.4) is 0 Å². The Bertz CT molecular complexity index is 362. The van der Waals surface area contributed by atoms with Gasteiger partial charge in [-0.3, -0.25) is 0 Å². The highest BCUT2D eigenvalue weighted by atomic mass is 32.2. The number of aromatic nitrogens is 2. The maximum Gasteiger partial charge on any atom is 0.279 e. The highest BCUT2D eigenvalue weighted by Gasteiger charge is 2.16. The van der Waals surface area contributed by atoms with Crippen molar-refractivity contribution in [2.24, 2.45) is 5.16 Å². The number of nitrogen functional groups attached to an aromatic ring is 1. The summed E-state index contributed by atoms with van der Waals surface area (Å²) in [5.74, 6) is -1.56. The van der Waals surface area contributed by atoms with Crippen molar-refractivity contribution >= 4 is 22.5 Å². The lowest BCUT2D eigenvalue weighted by atomic mass is 10.4. The van der Waals surface area contributed by atoms with E-state index in [2.05, 4.69) is 19.4 Å². The van der Waals surface area contributed by atoms with Crippen LogP contribution in [0.15, 0.2) is 10.7 Å². The number of rotatable bonds is 4. The van der Waals surface area contributed by atoms with E-state index in [0.29, 0.717) is 0 Å². The Morgan fingerprint density at radius 3 is 3.00 bits per heavy atom. The third-order valence-electron chi connectivity index (χ3n) is 1.16. The minimum atomic E-state index is -1.49. The van der Waals surface area contributed by atoms with Crippen LogP contribution in [0.2, 0.25) is 0 Å². The summed E-state index contributed by atoms with van der Waals surface area (Å²) in [5, 5.41) is 19.3. The summed E-state index contributed by atoms with van der Waals surface area (Å²) in [6.45, 7) is 1.92. The van der Waals surface area contributed by atoms with Crippen molar-refractivity contribution in [1.29, 1.82) is 0 Å². The number of carbonyl (C=O) groups is 1. The molecule has 0 bridgehead atoms. The number of nitrogens with two attached hydrogens (primary N) is 1. The molecule has 0 aliphatic rings. The number of nitrogens with zero attached hydrogens (tertiary/aromatic N) is 3. The molecule has 1 unspecified atom stereocenters. The van der Waals surface area contributed by atoms with Crippen molar-refractivity contribution in [2.45, 2.75) is 6.92 Å². The van der Waals surface area contributed by atoms with Gasteiger partial charge in [-0.1, -0.05) is 5.16 Å². The summed E-state index contributed by atoms with van der Waals surface area (Å²) < 4.78 is 3.73. The second-order valence-electron chi connectivity index (χ2n) is 2.14. The maximum atomic E-state index is 10.6. The number of carboxylic acids is 1. The second kappa shape index (κ2) is 4.63. The molecule has 0 aromatic carbocycles. The van der Waals surface area contributed by atoms with Crippen LogP contribution in [0.25, 0.3) is 0 Å². The molecular weight excluding hydrogens is 208 g/mol. The number of carboxylic acid groups (broad SMARTS) is 1. The summed E-state index contributed by atoms with van der Waals surface area (Å²) in [7, 11) is -0.877. The van der Waals surface area contributed by atoms with Crippen molar-refractivity contribution in [1.82, 2.24) is 9.36 Å². The summed E-state index contributed by atoms with van der Waals surface area (Å²) in [4.78, 5) is 18.8. The fourth-order valence-corrected chi connectivity index (χ4v) is 1.24. The molecule has 1 atom stereocenters. The average Bonchev–Trinajstić information content (AvgIpc) is 2.52. The lowest BCUT2D eigenvalue weighted by Crippen LogP contribution is -2.33. The fraction of sp³-hybridized carbons (Fsp3) is 0.333.